The molecule has 0 heterocycles. The predicted molar refractivity (Wildman–Crippen MR) is 56.1 cm³/mol. The Hall–Kier alpha value is -0.160. The van der Waals surface area contributed by atoms with Gasteiger partial charge in [-0.1, -0.05) is 13.8 Å². The highest BCUT2D eigenvalue weighted by Gasteiger charge is 2.17. The van der Waals surface area contributed by atoms with E-state index < -0.39 is 0 Å². The standard InChI is InChI=1S/C10H23NO3/c1-8(2)4-5-14-10(6-12)9(11)7-13-3/h8-10,12H,4-7,11H2,1-3H3. The highest BCUT2D eigenvalue weighted by molar-refractivity contribution is 4.72. The van der Waals surface area contributed by atoms with Gasteiger partial charge in [0.2, 0.25) is 0 Å². The Labute approximate surface area is 86.4 Å². The second-order valence-corrected chi connectivity index (χ2v) is 3.89. The molecule has 0 spiro atoms. The molecule has 14 heavy (non-hydrogen) atoms. The van der Waals surface area contributed by atoms with E-state index in [1.54, 1.807) is 7.11 Å². The van der Waals surface area contributed by atoms with Crippen LogP contribution in [0.4, 0.5) is 0 Å². The monoisotopic (exact) mass is 205 g/mol. The summed E-state index contributed by atoms with van der Waals surface area (Å²) in [4.78, 5) is 0. The van der Waals surface area contributed by atoms with Crippen molar-refractivity contribution >= 4 is 0 Å². The lowest BCUT2D eigenvalue weighted by molar-refractivity contribution is -0.0211. The summed E-state index contributed by atoms with van der Waals surface area (Å²) < 4.78 is 10.4. The van der Waals surface area contributed by atoms with Crippen LogP contribution in [0, 0.1) is 5.92 Å². The van der Waals surface area contributed by atoms with Gasteiger partial charge in [0, 0.05) is 13.7 Å². The van der Waals surface area contributed by atoms with Crippen molar-refractivity contribution in [3.63, 3.8) is 0 Å². The summed E-state index contributed by atoms with van der Waals surface area (Å²) in [5.41, 5.74) is 5.75. The van der Waals surface area contributed by atoms with Crippen molar-refractivity contribution in [2.24, 2.45) is 11.7 Å². The van der Waals surface area contributed by atoms with E-state index in [-0.39, 0.29) is 18.8 Å². The minimum atomic E-state index is -0.311. The van der Waals surface area contributed by atoms with Gasteiger partial charge < -0.3 is 20.3 Å². The van der Waals surface area contributed by atoms with Crippen LogP contribution in [-0.2, 0) is 9.47 Å². The molecule has 4 heteroatoms. The van der Waals surface area contributed by atoms with Gasteiger partial charge in [0.1, 0.15) is 0 Å². The maximum absolute atomic E-state index is 9.03. The molecule has 0 aromatic rings. The van der Waals surface area contributed by atoms with Crippen LogP contribution in [0.25, 0.3) is 0 Å². The molecule has 4 nitrogen and oxygen atoms in total. The molecule has 0 saturated carbocycles. The van der Waals surface area contributed by atoms with Gasteiger partial charge >= 0.3 is 0 Å². The lowest BCUT2D eigenvalue weighted by Gasteiger charge is -2.22. The zero-order chi connectivity index (χ0) is 11.0. The average molecular weight is 205 g/mol. The fourth-order valence-corrected chi connectivity index (χ4v) is 1.07. The summed E-state index contributed by atoms with van der Waals surface area (Å²) in [5.74, 6) is 0.605. The zero-order valence-electron chi connectivity index (χ0n) is 9.40. The Balaban J connectivity index is 3.66. The molecule has 2 atom stereocenters. The molecule has 0 aromatic heterocycles. The van der Waals surface area contributed by atoms with Crippen LogP contribution in [0.3, 0.4) is 0 Å². The molecule has 0 rings (SSSR count). The van der Waals surface area contributed by atoms with Crippen LogP contribution in [0.1, 0.15) is 20.3 Å². The van der Waals surface area contributed by atoms with Gasteiger partial charge in [0.25, 0.3) is 0 Å². The minimum Gasteiger partial charge on any atom is -0.394 e. The lowest BCUT2D eigenvalue weighted by atomic mass is 10.1. The second-order valence-electron chi connectivity index (χ2n) is 3.89. The summed E-state index contributed by atoms with van der Waals surface area (Å²) in [7, 11) is 1.59. The quantitative estimate of drug-likeness (QED) is 0.601. The first-order valence-electron chi connectivity index (χ1n) is 5.08. The summed E-state index contributed by atoms with van der Waals surface area (Å²) in [5, 5.41) is 9.03. The van der Waals surface area contributed by atoms with Crippen LogP contribution in [0.15, 0.2) is 0 Å². The van der Waals surface area contributed by atoms with E-state index >= 15 is 0 Å². The third kappa shape index (κ3) is 6.32. The average Bonchev–Trinajstić information content (AvgIpc) is 2.12. The molecule has 0 saturated heterocycles. The fraction of sp³-hybridized carbons (Fsp3) is 1.00. The molecule has 0 aliphatic carbocycles. The lowest BCUT2D eigenvalue weighted by Crippen LogP contribution is -2.42. The fourth-order valence-electron chi connectivity index (χ4n) is 1.07. The van der Waals surface area contributed by atoms with Crippen LogP contribution in [0.5, 0.6) is 0 Å². The van der Waals surface area contributed by atoms with Crippen molar-refractivity contribution in [3.8, 4) is 0 Å². The van der Waals surface area contributed by atoms with Crippen molar-refractivity contribution in [1.29, 1.82) is 0 Å². The van der Waals surface area contributed by atoms with Crippen molar-refractivity contribution < 1.29 is 14.6 Å². The largest absolute Gasteiger partial charge is 0.394 e. The van der Waals surface area contributed by atoms with Gasteiger partial charge in [-0.05, 0) is 12.3 Å². The number of methoxy groups -OCH3 is 1. The van der Waals surface area contributed by atoms with Gasteiger partial charge in [0.15, 0.2) is 0 Å². The number of rotatable bonds is 8. The van der Waals surface area contributed by atoms with Crippen LogP contribution < -0.4 is 5.73 Å². The van der Waals surface area contributed by atoms with Crippen molar-refractivity contribution in [2.45, 2.75) is 32.4 Å². The van der Waals surface area contributed by atoms with Gasteiger partial charge in [-0.25, -0.2) is 0 Å². The van der Waals surface area contributed by atoms with Crippen LogP contribution in [0.2, 0.25) is 0 Å². The van der Waals surface area contributed by atoms with Gasteiger partial charge in [0.05, 0.1) is 25.4 Å². The molecular formula is C10H23NO3. The van der Waals surface area contributed by atoms with Gasteiger partial charge in [-0.2, -0.15) is 0 Å². The summed E-state index contributed by atoms with van der Waals surface area (Å²) in [6.07, 6.45) is 0.671. The van der Waals surface area contributed by atoms with Crippen molar-refractivity contribution in [2.75, 3.05) is 26.9 Å². The van der Waals surface area contributed by atoms with E-state index in [9.17, 15) is 0 Å². The molecular weight excluding hydrogens is 182 g/mol. The van der Waals surface area contributed by atoms with E-state index in [0.29, 0.717) is 19.1 Å². The molecule has 0 fully saturated rings. The van der Waals surface area contributed by atoms with E-state index in [2.05, 4.69) is 13.8 Å². The van der Waals surface area contributed by atoms with Crippen molar-refractivity contribution in [3.05, 3.63) is 0 Å². The Morgan fingerprint density at radius 2 is 2.00 bits per heavy atom. The Morgan fingerprint density at radius 1 is 1.36 bits per heavy atom. The second kappa shape index (κ2) is 8.17. The van der Waals surface area contributed by atoms with E-state index in [0.717, 1.165) is 6.42 Å². The maximum Gasteiger partial charge on any atom is 0.0978 e. The molecule has 0 aromatic carbocycles. The first-order chi connectivity index (χ1) is 6.61. The highest BCUT2D eigenvalue weighted by Crippen LogP contribution is 2.03. The number of nitrogens with two attached hydrogens (primary N) is 1. The summed E-state index contributed by atoms with van der Waals surface area (Å²) in [6, 6.07) is -0.253. The molecule has 86 valence electrons. The number of aliphatic hydroxyl groups is 1. The van der Waals surface area contributed by atoms with Gasteiger partial charge in [-0.3, -0.25) is 0 Å². The summed E-state index contributed by atoms with van der Waals surface area (Å²) in [6.45, 7) is 5.26. The highest BCUT2D eigenvalue weighted by atomic mass is 16.5. The van der Waals surface area contributed by atoms with E-state index in [4.69, 9.17) is 20.3 Å². The number of hydrogen-bond donors (Lipinski definition) is 2. The molecule has 3 N–H and O–H groups in total. The number of hydrogen-bond acceptors (Lipinski definition) is 4. The van der Waals surface area contributed by atoms with Gasteiger partial charge in [-0.15, -0.1) is 0 Å². The third-order valence-electron chi connectivity index (χ3n) is 2.04. The Bertz CT molecular complexity index is 131. The molecule has 2 unspecified atom stereocenters. The third-order valence-corrected chi connectivity index (χ3v) is 2.04. The van der Waals surface area contributed by atoms with E-state index in [1.165, 1.54) is 0 Å². The molecule has 0 aliphatic heterocycles. The first kappa shape index (κ1) is 13.8. The predicted octanol–water partition coefficient (Wildman–Crippen LogP) is 0.384. The minimum absolute atomic E-state index is 0.0530. The topological polar surface area (TPSA) is 64.7 Å². The molecule has 0 aliphatic rings. The first-order valence-corrected chi connectivity index (χ1v) is 5.08. The molecule has 0 amide bonds. The van der Waals surface area contributed by atoms with E-state index in [1.807, 2.05) is 0 Å². The van der Waals surface area contributed by atoms with Crippen LogP contribution in [-0.4, -0.2) is 44.2 Å². The Kier molecular flexibility index (Phi) is 8.08. The Morgan fingerprint density at radius 3 is 2.43 bits per heavy atom. The SMILES string of the molecule is COCC(N)C(CO)OCCC(C)C. The van der Waals surface area contributed by atoms with Crippen molar-refractivity contribution in [1.82, 2.24) is 0 Å². The maximum atomic E-state index is 9.03. The molecule has 0 bridgehead atoms. The summed E-state index contributed by atoms with van der Waals surface area (Å²) >= 11 is 0. The zero-order valence-corrected chi connectivity index (χ0v) is 9.40. The smallest absolute Gasteiger partial charge is 0.0978 e. The molecule has 0 radical (unpaired) electrons. The number of ether oxygens (including phenoxy) is 2. The number of aliphatic hydroxyl groups excluding tert-OH is 1. The normalized spacial score (nSPS) is 15.9. The van der Waals surface area contributed by atoms with Crippen LogP contribution >= 0.6 is 0 Å².